The molecule has 2 saturated heterocycles. The van der Waals surface area contributed by atoms with Gasteiger partial charge in [-0.1, -0.05) is 91.0 Å². The van der Waals surface area contributed by atoms with Gasteiger partial charge in [0.25, 0.3) is 5.91 Å². The molecule has 0 radical (unpaired) electrons. The van der Waals surface area contributed by atoms with Crippen LogP contribution >= 0.6 is 0 Å². The molecular weight excluding hydrogens is 548 g/mol. The molecule has 3 heterocycles. The number of Topliss-reactive ketones (excluding diaryl/α,β-unsaturated/α-hetero) is 1. The average molecular weight is 587 g/mol. The van der Waals surface area contributed by atoms with Crippen LogP contribution in [0, 0.1) is 0 Å². The highest BCUT2D eigenvalue weighted by Crippen LogP contribution is 2.26. The van der Waals surface area contributed by atoms with Gasteiger partial charge >= 0.3 is 0 Å². The molecule has 3 aromatic carbocycles. The van der Waals surface area contributed by atoms with Crippen LogP contribution in [0.3, 0.4) is 0 Å². The molecule has 2 fully saturated rings. The molecule has 0 unspecified atom stereocenters. The van der Waals surface area contributed by atoms with Gasteiger partial charge in [-0.15, -0.1) is 0 Å². The number of carbonyl (C=O) groups is 3. The number of carbonyl (C=O) groups excluding carboxylic acids is 3. The van der Waals surface area contributed by atoms with E-state index in [2.05, 4.69) is 4.90 Å². The van der Waals surface area contributed by atoms with E-state index in [-0.39, 0.29) is 30.4 Å². The van der Waals surface area contributed by atoms with E-state index in [1.807, 2.05) is 101 Å². The van der Waals surface area contributed by atoms with Crippen molar-refractivity contribution < 1.29 is 14.4 Å². The Bertz CT molecular complexity index is 1520. The van der Waals surface area contributed by atoms with Gasteiger partial charge in [0.15, 0.2) is 5.78 Å². The van der Waals surface area contributed by atoms with Gasteiger partial charge in [-0.2, -0.15) is 0 Å². The number of amides is 2. The van der Waals surface area contributed by atoms with E-state index in [9.17, 15) is 14.4 Å². The summed E-state index contributed by atoms with van der Waals surface area (Å²) in [5.41, 5.74) is 4.87. The quantitative estimate of drug-likeness (QED) is 0.243. The predicted molar refractivity (Wildman–Crippen MR) is 172 cm³/mol. The molecular formula is C37H38N4O3. The number of aromatic nitrogens is 1. The molecule has 7 heteroatoms. The lowest BCUT2D eigenvalue weighted by Gasteiger charge is -2.42. The van der Waals surface area contributed by atoms with Crippen LogP contribution in [0.15, 0.2) is 103 Å². The third kappa shape index (κ3) is 6.95. The van der Waals surface area contributed by atoms with Crippen molar-refractivity contribution in [2.75, 3.05) is 39.3 Å². The Kier molecular flexibility index (Phi) is 9.22. The van der Waals surface area contributed by atoms with Crippen molar-refractivity contribution in [1.82, 2.24) is 19.7 Å². The fourth-order valence-corrected chi connectivity index (χ4v) is 6.27. The lowest BCUT2D eigenvalue weighted by Crippen LogP contribution is -2.54. The largest absolute Gasteiger partial charge is 0.343 e. The van der Waals surface area contributed by atoms with E-state index in [0.717, 1.165) is 48.4 Å². The van der Waals surface area contributed by atoms with E-state index in [1.54, 1.807) is 12.1 Å². The zero-order valence-corrected chi connectivity index (χ0v) is 25.0. The second-order valence-electron chi connectivity index (χ2n) is 11.6. The summed E-state index contributed by atoms with van der Waals surface area (Å²) in [6, 6.07) is 33.4. The van der Waals surface area contributed by atoms with Gasteiger partial charge in [0.1, 0.15) is 0 Å². The van der Waals surface area contributed by atoms with Crippen LogP contribution in [0.2, 0.25) is 0 Å². The molecule has 0 bridgehead atoms. The molecule has 6 rings (SSSR count). The van der Waals surface area contributed by atoms with E-state index in [4.69, 9.17) is 4.98 Å². The second-order valence-corrected chi connectivity index (χ2v) is 11.6. The molecule has 2 aliphatic rings. The topological polar surface area (TPSA) is 73.8 Å². The van der Waals surface area contributed by atoms with Crippen LogP contribution in [0.4, 0.5) is 0 Å². The maximum Gasteiger partial charge on any atom is 0.254 e. The van der Waals surface area contributed by atoms with E-state index in [0.29, 0.717) is 43.3 Å². The van der Waals surface area contributed by atoms with Crippen LogP contribution in [-0.2, 0) is 4.79 Å². The third-order valence-electron chi connectivity index (χ3n) is 8.81. The summed E-state index contributed by atoms with van der Waals surface area (Å²) in [5.74, 6) is 0.109. The summed E-state index contributed by atoms with van der Waals surface area (Å²) >= 11 is 0. The molecule has 0 atom stereocenters. The first kappa shape index (κ1) is 29.5. The fraction of sp³-hybridized carbons (Fsp3) is 0.297. The zero-order valence-electron chi connectivity index (χ0n) is 25.0. The first-order valence-corrected chi connectivity index (χ1v) is 15.6. The maximum atomic E-state index is 13.8. The minimum Gasteiger partial charge on any atom is -0.343 e. The van der Waals surface area contributed by atoms with Crippen molar-refractivity contribution in [1.29, 1.82) is 0 Å². The van der Waals surface area contributed by atoms with Crippen LogP contribution in [-0.4, -0.2) is 82.6 Å². The summed E-state index contributed by atoms with van der Waals surface area (Å²) in [6.45, 7) is 4.40. The monoisotopic (exact) mass is 586 g/mol. The number of piperazine rings is 1. The van der Waals surface area contributed by atoms with Crippen molar-refractivity contribution in [2.45, 2.75) is 31.7 Å². The van der Waals surface area contributed by atoms with Crippen molar-refractivity contribution in [2.24, 2.45) is 0 Å². The molecule has 2 aliphatic heterocycles. The molecule has 0 aliphatic carbocycles. The SMILES string of the molecule is O=C(CCC(=O)N1CCC(N2CCN(C(=O)c3cc(-c4ccccc4)nc(-c4ccccc4)c3)CC2)CC1)c1ccccc1. The summed E-state index contributed by atoms with van der Waals surface area (Å²) in [5, 5.41) is 0. The first-order valence-electron chi connectivity index (χ1n) is 15.6. The summed E-state index contributed by atoms with van der Waals surface area (Å²) in [4.78, 5) is 50.2. The molecule has 4 aromatic rings. The number of nitrogens with zero attached hydrogens (tertiary/aromatic N) is 4. The minimum atomic E-state index is 0.0144. The normalized spacial score (nSPS) is 16.1. The standard InChI is InChI=1S/C37H38N4O3/c42-35(30-14-8-3-9-15-30)16-17-36(43)40-20-18-32(19-21-40)39-22-24-41(25-23-39)37(44)31-26-33(28-10-4-1-5-11-28)38-34(27-31)29-12-6-2-7-13-29/h1-15,26-27,32H,16-25H2. The van der Waals surface area contributed by atoms with Gasteiger partial charge in [0.05, 0.1) is 11.4 Å². The van der Waals surface area contributed by atoms with Gasteiger partial charge < -0.3 is 9.80 Å². The van der Waals surface area contributed by atoms with Crippen LogP contribution in [0.25, 0.3) is 22.5 Å². The van der Waals surface area contributed by atoms with Crippen molar-refractivity contribution in [3.8, 4) is 22.5 Å². The second kappa shape index (κ2) is 13.8. The Morgan fingerprint density at radius 1 is 0.591 bits per heavy atom. The van der Waals surface area contributed by atoms with Crippen molar-refractivity contribution in [3.63, 3.8) is 0 Å². The molecule has 0 saturated carbocycles. The third-order valence-corrected chi connectivity index (χ3v) is 8.81. The van der Waals surface area contributed by atoms with Gasteiger partial charge in [-0.25, -0.2) is 4.98 Å². The maximum absolute atomic E-state index is 13.8. The Morgan fingerprint density at radius 2 is 1.11 bits per heavy atom. The fourth-order valence-electron chi connectivity index (χ4n) is 6.27. The van der Waals surface area contributed by atoms with Crippen LogP contribution in [0.5, 0.6) is 0 Å². The summed E-state index contributed by atoms with van der Waals surface area (Å²) < 4.78 is 0. The van der Waals surface area contributed by atoms with Gasteiger partial charge in [0.2, 0.25) is 5.91 Å². The number of likely N-dealkylation sites (tertiary alicyclic amines) is 1. The lowest BCUT2D eigenvalue weighted by molar-refractivity contribution is -0.132. The number of hydrogen-bond donors (Lipinski definition) is 0. The highest BCUT2D eigenvalue weighted by Gasteiger charge is 2.31. The average Bonchev–Trinajstić information content (AvgIpc) is 3.11. The number of hydrogen-bond acceptors (Lipinski definition) is 5. The van der Waals surface area contributed by atoms with E-state index in [1.165, 1.54) is 0 Å². The van der Waals surface area contributed by atoms with E-state index >= 15 is 0 Å². The van der Waals surface area contributed by atoms with Gasteiger partial charge in [-0.3, -0.25) is 19.3 Å². The Balaban J connectivity index is 1.03. The lowest BCUT2D eigenvalue weighted by atomic mass is 10.0. The number of pyridine rings is 1. The Morgan fingerprint density at radius 3 is 1.66 bits per heavy atom. The molecule has 2 amide bonds. The summed E-state index contributed by atoms with van der Waals surface area (Å²) in [6.07, 6.45) is 2.33. The first-order chi connectivity index (χ1) is 21.5. The Hall–Kier alpha value is -4.62. The van der Waals surface area contributed by atoms with Crippen LogP contribution < -0.4 is 0 Å². The van der Waals surface area contributed by atoms with Gasteiger partial charge in [-0.05, 0) is 25.0 Å². The molecule has 224 valence electrons. The molecule has 0 spiro atoms. The number of piperidine rings is 1. The Labute approximate surface area is 259 Å². The highest BCUT2D eigenvalue weighted by atomic mass is 16.2. The zero-order chi connectivity index (χ0) is 30.3. The molecule has 7 nitrogen and oxygen atoms in total. The molecule has 0 N–H and O–H groups in total. The molecule has 1 aromatic heterocycles. The number of ketones is 1. The predicted octanol–water partition coefficient (Wildman–Crippen LogP) is 5.83. The summed E-state index contributed by atoms with van der Waals surface area (Å²) in [7, 11) is 0. The highest BCUT2D eigenvalue weighted by molar-refractivity contribution is 5.98. The smallest absolute Gasteiger partial charge is 0.254 e. The van der Waals surface area contributed by atoms with Gasteiger partial charge in [0, 0.05) is 80.4 Å². The number of benzene rings is 3. The van der Waals surface area contributed by atoms with Crippen molar-refractivity contribution >= 4 is 17.6 Å². The van der Waals surface area contributed by atoms with E-state index < -0.39 is 0 Å². The van der Waals surface area contributed by atoms with Crippen LogP contribution in [0.1, 0.15) is 46.4 Å². The minimum absolute atomic E-state index is 0.0144. The van der Waals surface area contributed by atoms with Crippen molar-refractivity contribution in [3.05, 3.63) is 114 Å². The number of rotatable bonds is 8. The molecule has 44 heavy (non-hydrogen) atoms.